The highest BCUT2D eigenvalue weighted by Gasteiger charge is 2.16. The standard InChI is InChI=1S/C10H23N3O/c1-11-10(9-14-3)8-13-6-4-12(2)5-7-13/h10-11H,4-9H2,1-3H3. The van der Waals surface area contributed by atoms with Gasteiger partial charge in [0, 0.05) is 45.9 Å². The molecule has 0 aromatic carbocycles. The second kappa shape index (κ2) is 6.35. The normalized spacial score (nSPS) is 22.5. The molecule has 1 saturated heterocycles. The van der Waals surface area contributed by atoms with E-state index in [4.69, 9.17) is 4.74 Å². The van der Waals surface area contributed by atoms with Crippen LogP contribution in [0.4, 0.5) is 0 Å². The van der Waals surface area contributed by atoms with Crippen LogP contribution in [0.5, 0.6) is 0 Å². The third-order valence-corrected chi connectivity index (χ3v) is 2.85. The van der Waals surface area contributed by atoms with Gasteiger partial charge in [-0.2, -0.15) is 0 Å². The zero-order valence-electron chi connectivity index (χ0n) is 9.62. The minimum absolute atomic E-state index is 0.461. The van der Waals surface area contributed by atoms with Crippen molar-refractivity contribution in [2.24, 2.45) is 0 Å². The Balaban J connectivity index is 2.21. The minimum Gasteiger partial charge on any atom is -0.383 e. The van der Waals surface area contributed by atoms with Crippen molar-refractivity contribution in [2.45, 2.75) is 6.04 Å². The number of hydrogen-bond donors (Lipinski definition) is 1. The molecule has 1 N–H and O–H groups in total. The molecule has 0 radical (unpaired) electrons. The third kappa shape index (κ3) is 3.92. The van der Waals surface area contributed by atoms with E-state index in [-0.39, 0.29) is 0 Å². The first-order valence-electron chi connectivity index (χ1n) is 5.33. The molecule has 0 aliphatic carbocycles. The van der Waals surface area contributed by atoms with Crippen molar-refractivity contribution < 1.29 is 4.74 Å². The van der Waals surface area contributed by atoms with Crippen LogP contribution in [0.25, 0.3) is 0 Å². The number of nitrogens with one attached hydrogen (secondary N) is 1. The summed E-state index contributed by atoms with van der Waals surface area (Å²) >= 11 is 0. The molecule has 1 heterocycles. The molecule has 0 amide bonds. The molecule has 4 heteroatoms. The summed E-state index contributed by atoms with van der Waals surface area (Å²) in [4.78, 5) is 4.88. The molecular formula is C10H23N3O. The summed E-state index contributed by atoms with van der Waals surface area (Å²) in [5.41, 5.74) is 0. The zero-order valence-corrected chi connectivity index (χ0v) is 9.62. The number of ether oxygens (including phenoxy) is 1. The van der Waals surface area contributed by atoms with Crippen molar-refractivity contribution in [3.05, 3.63) is 0 Å². The van der Waals surface area contributed by atoms with E-state index in [1.165, 1.54) is 26.2 Å². The van der Waals surface area contributed by atoms with Crippen LogP contribution in [0.15, 0.2) is 0 Å². The van der Waals surface area contributed by atoms with Crippen LogP contribution < -0.4 is 5.32 Å². The largest absolute Gasteiger partial charge is 0.383 e. The van der Waals surface area contributed by atoms with Crippen molar-refractivity contribution in [3.63, 3.8) is 0 Å². The summed E-state index contributed by atoms with van der Waals surface area (Å²) in [6.45, 7) is 6.62. The molecule has 1 rings (SSSR count). The Morgan fingerprint density at radius 3 is 2.43 bits per heavy atom. The number of methoxy groups -OCH3 is 1. The lowest BCUT2D eigenvalue weighted by Crippen LogP contribution is -2.50. The summed E-state index contributed by atoms with van der Waals surface area (Å²) in [6, 6.07) is 0.461. The van der Waals surface area contributed by atoms with E-state index in [9.17, 15) is 0 Å². The highest BCUT2D eigenvalue weighted by atomic mass is 16.5. The van der Waals surface area contributed by atoms with Crippen LogP contribution in [0.1, 0.15) is 0 Å². The number of likely N-dealkylation sites (N-methyl/N-ethyl adjacent to an activating group) is 2. The van der Waals surface area contributed by atoms with E-state index in [0.29, 0.717) is 6.04 Å². The summed E-state index contributed by atoms with van der Waals surface area (Å²) in [5, 5.41) is 3.28. The first-order valence-corrected chi connectivity index (χ1v) is 5.33. The average molecular weight is 201 g/mol. The minimum atomic E-state index is 0.461. The van der Waals surface area contributed by atoms with Crippen molar-refractivity contribution in [1.29, 1.82) is 0 Å². The molecule has 0 spiro atoms. The van der Waals surface area contributed by atoms with Crippen LogP contribution in [0.3, 0.4) is 0 Å². The smallest absolute Gasteiger partial charge is 0.0628 e. The zero-order chi connectivity index (χ0) is 10.4. The second-order valence-electron chi connectivity index (χ2n) is 4.04. The van der Waals surface area contributed by atoms with E-state index in [1.54, 1.807) is 7.11 Å². The maximum absolute atomic E-state index is 5.16. The Hall–Kier alpha value is -0.160. The first kappa shape index (κ1) is 11.9. The molecule has 0 aromatic heterocycles. The fourth-order valence-corrected chi connectivity index (χ4v) is 1.77. The molecule has 1 aliphatic heterocycles. The molecule has 1 aliphatic rings. The lowest BCUT2D eigenvalue weighted by molar-refractivity contribution is 0.110. The predicted octanol–water partition coefficient (Wildman–Crippen LogP) is -0.532. The molecule has 0 saturated carbocycles. The van der Waals surface area contributed by atoms with Crippen LogP contribution >= 0.6 is 0 Å². The number of rotatable bonds is 5. The van der Waals surface area contributed by atoms with Crippen molar-refractivity contribution >= 4 is 0 Å². The first-order chi connectivity index (χ1) is 6.76. The lowest BCUT2D eigenvalue weighted by atomic mass is 10.2. The van der Waals surface area contributed by atoms with Gasteiger partial charge in [0.15, 0.2) is 0 Å². The monoisotopic (exact) mass is 201 g/mol. The van der Waals surface area contributed by atoms with Crippen molar-refractivity contribution in [1.82, 2.24) is 15.1 Å². The van der Waals surface area contributed by atoms with Crippen molar-refractivity contribution in [2.75, 3.05) is 60.5 Å². The van der Waals surface area contributed by atoms with Gasteiger partial charge in [0.25, 0.3) is 0 Å². The van der Waals surface area contributed by atoms with E-state index < -0.39 is 0 Å². The molecule has 1 atom stereocenters. The second-order valence-corrected chi connectivity index (χ2v) is 4.04. The summed E-state index contributed by atoms with van der Waals surface area (Å²) in [7, 11) is 5.94. The van der Waals surface area contributed by atoms with Gasteiger partial charge in [0.05, 0.1) is 6.61 Å². The highest BCUT2D eigenvalue weighted by Crippen LogP contribution is 2.00. The molecule has 0 aromatic rings. The lowest BCUT2D eigenvalue weighted by Gasteiger charge is -2.34. The van der Waals surface area contributed by atoms with Gasteiger partial charge >= 0.3 is 0 Å². The van der Waals surface area contributed by atoms with Crippen LogP contribution in [0, 0.1) is 0 Å². The SMILES string of the molecule is CNC(COC)CN1CCN(C)CC1. The summed E-state index contributed by atoms with van der Waals surface area (Å²) < 4.78 is 5.16. The Morgan fingerprint density at radius 1 is 1.29 bits per heavy atom. The van der Waals surface area contributed by atoms with Gasteiger partial charge in [-0.25, -0.2) is 0 Å². The van der Waals surface area contributed by atoms with Gasteiger partial charge < -0.3 is 15.0 Å². The maximum Gasteiger partial charge on any atom is 0.0628 e. The van der Waals surface area contributed by atoms with Gasteiger partial charge in [0.2, 0.25) is 0 Å². The molecular weight excluding hydrogens is 178 g/mol. The van der Waals surface area contributed by atoms with E-state index in [0.717, 1.165) is 13.2 Å². The van der Waals surface area contributed by atoms with E-state index in [2.05, 4.69) is 22.2 Å². The van der Waals surface area contributed by atoms with Crippen LogP contribution in [0.2, 0.25) is 0 Å². The Morgan fingerprint density at radius 2 is 1.93 bits per heavy atom. The maximum atomic E-state index is 5.16. The van der Waals surface area contributed by atoms with Crippen molar-refractivity contribution in [3.8, 4) is 0 Å². The third-order valence-electron chi connectivity index (χ3n) is 2.85. The summed E-state index contributed by atoms with van der Waals surface area (Å²) in [6.07, 6.45) is 0. The quantitative estimate of drug-likeness (QED) is 0.647. The Labute approximate surface area is 87.2 Å². The van der Waals surface area contributed by atoms with Gasteiger partial charge in [-0.05, 0) is 14.1 Å². The molecule has 4 nitrogen and oxygen atoms in total. The predicted molar refractivity (Wildman–Crippen MR) is 58.7 cm³/mol. The molecule has 0 bridgehead atoms. The number of piperazine rings is 1. The van der Waals surface area contributed by atoms with Gasteiger partial charge in [-0.1, -0.05) is 0 Å². The topological polar surface area (TPSA) is 27.7 Å². The number of hydrogen-bond acceptors (Lipinski definition) is 4. The average Bonchev–Trinajstić information content (AvgIpc) is 2.20. The fraction of sp³-hybridized carbons (Fsp3) is 1.00. The van der Waals surface area contributed by atoms with E-state index in [1.807, 2.05) is 7.05 Å². The van der Waals surface area contributed by atoms with Gasteiger partial charge in [0.1, 0.15) is 0 Å². The van der Waals surface area contributed by atoms with Gasteiger partial charge in [-0.3, -0.25) is 4.90 Å². The Bertz CT molecular complexity index is 146. The molecule has 14 heavy (non-hydrogen) atoms. The molecule has 1 unspecified atom stereocenters. The molecule has 84 valence electrons. The van der Waals surface area contributed by atoms with Gasteiger partial charge in [-0.15, -0.1) is 0 Å². The number of nitrogens with zero attached hydrogens (tertiary/aromatic N) is 2. The summed E-state index contributed by atoms with van der Waals surface area (Å²) in [5.74, 6) is 0. The van der Waals surface area contributed by atoms with E-state index >= 15 is 0 Å². The molecule has 1 fully saturated rings. The van der Waals surface area contributed by atoms with Crippen LogP contribution in [-0.2, 0) is 4.74 Å². The highest BCUT2D eigenvalue weighted by molar-refractivity contribution is 4.75. The fourth-order valence-electron chi connectivity index (χ4n) is 1.77. The van der Waals surface area contributed by atoms with Crippen LogP contribution in [-0.4, -0.2) is 76.4 Å². The Kier molecular flexibility index (Phi) is 5.40.